The Bertz CT molecular complexity index is 802. The number of hydrogen-bond acceptors (Lipinski definition) is 6. The minimum atomic E-state index is -0.391. The number of carbonyl (C=O) groups is 2. The van der Waals surface area contributed by atoms with E-state index in [1.165, 1.54) is 0 Å². The number of carbonyl (C=O) groups excluding carboxylic acids is 2. The first-order valence-electron chi connectivity index (χ1n) is 10.1. The van der Waals surface area contributed by atoms with Gasteiger partial charge in [0.1, 0.15) is 25.4 Å². The Labute approximate surface area is 284 Å². The van der Waals surface area contributed by atoms with Crippen molar-refractivity contribution in [2.75, 3.05) is 13.2 Å². The Morgan fingerprint density at radius 1 is 0.714 bits per heavy atom. The van der Waals surface area contributed by atoms with Crippen LogP contribution < -0.4 is 9.47 Å². The van der Waals surface area contributed by atoms with Crippen molar-refractivity contribution in [2.45, 2.75) is 39.9 Å². The van der Waals surface area contributed by atoms with Crippen molar-refractivity contribution >= 4 is 11.9 Å². The van der Waals surface area contributed by atoms with Gasteiger partial charge in [-0.1, -0.05) is 13.2 Å². The molecule has 2 unspecified atom stereocenters. The summed E-state index contributed by atoms with van der Waals surface area (Å²) in [6, 6.07) is 20.0. The second-order valence-electron chi connectivity index (χ2n) is 7.09. The molecule has 0 spiro atoms. The van der Waals surface area contributed by atoms with Crippen molar-refractivity contribution in [2.24, 2.45) is 0 Å². The van der Waals surface area contributed by atoms with E-state index in [1.807, 2.05) is 0 Å². The third-order valence-corrected chi connectivity index (χ3v) is 3.66. The second kappa shape index (κ2) is 22.9. The van der Waals surface area contributed by atoms with Crippen LogP contribution in [0.4, 0.5) is 0 Å². The molecule has 0 heterocycles. The molecule has 0 aliphatic heterocycles. The molecule has 181 valence electrons. The summed E-state index contributed by atoms with van der Waals surface area (Å²) in [5.41, 5.74) is 0.780. The molecule has 2 aromatic carbocycles. The zero-order valence-electron chi connectivity index (χ0n) is 20.8. The maximum Gasteiger partial charge on any atom is 0.333 e. The summed E-state index contributed by atoms with van der Waals surface area (Å²) in [4.78, 5) is 22.4. The Morgan fingerprint density at radius 3 is 1.26 bits per heavy atom. The van der Waals surface area contributed by atoms with Crippen LogP contribution >= 0.6 is 0 Å². The predicted octanol–water partition coefficient (Wildman–Crippen LogP) is 4.74. The first kappa shape index (κ1) is 39.3. The Hall–Kier alpha value is -0.228. The van der Waals surface area contributed by atoms with Crippen LogP contribution in [0.25, 0.3) is 0 Å². The molecule has 2 rings (SSSR count). The van der Waals surface area contributed by atoms with Gasteiger partial charge in [-0.05, 0) is 27.7 Å². The molecule has 0 N–H and O–H groups in total. The van der Waals surface area contributed by atoms with Crippen molar-refractivity contribution in [3.63, 3.8) is 0 Å². The van der Waals surface area contributed by atoms with Crippen LogP contribution in [0.2, 0.25) is 0 Å². The van der Waals surface area contributed by atoms with E-state index < -0.39 is 11.9 Å². The molecule has 0 aliphatic carbocycles. The Balaban J connectivity index is -0.000000539. The molecule has 35 heavy (non-hydrogen) atoms. The summed E-state index contributed by atoms with van der Waals surface area (Å²) in [5, 5.41) is 0. The van der Waals surface area contributed by atoms with Gasteiger partial charge in [-0.15, -0.1) is 24.3 Å². The van der Waals surface area contributed by atoms with Crippen LogP contribution in [0.1, 0.15) is 27.7 Å². The third kappa shape index (κ3) is 19.5. The maximum atomic E-state index is 11.2. The van der Waals surface area contributed by atoms with E-state index in [-0.39, 0.29) is 110 Å². The van der Waals surface area contributed by atoms with Gasteiger partial charge >= 0.3 is 11.9 Å². The van der Waals surface area contributed by atoms with E-state index in [4.69, 9.17) is 18.9 Å². The summed E-state index contributed by atoms with van der Waals surface area (Å²) in [6.45, 7) is 14.4. The number of ether oxygens (including phenoxy) is 4. The van der Waals surface area contributed by atoms with Gasteiger partial charge in [0.25, 0.3) is 0 Å². The Morgan fingerprint density at radius 2 is 1.00 bits per heavy atom. The topological polar surface area (TPSA) is 71.1 Å². The van der Waals surface area contributed by atoms with E-state index in [2.05, 4.69) is 25.3 Å². The molecule has 0 bridgehead atoms. The fraction of sp³-hybridized carbons (Fsp3) is 0.308. The summed E-state index contributed by atoms with van der Waals surface area (Å²) < 4.78 is 21.0. The van der Waals surface area contributed by atoms with Crippen molar-refractivity contribution in [3.8, 4) is 11.5 Å². The molecule has 0 aromatic heterocycles. The maximum absolute atomic E-state index is 11.2. The second-order valence-corrected chi connectivity index (χ2v) is 7.09. The SMILES string of the molecule is C=C(C)C(=O)OC(C)COc1cc[c-]cc1.C=C(C)C(=O)OC(C)COc1cc[c-]cc1.[Y].[Y].[Y]. The van der Waals surface area contributed by atoms with E-state index in [1.54, 1.807) is 76.2 Å². The molecule has 6 nitrogen and oxygen atoms in total. The monoisotopic (exact) mass is 705 g/mol. The van der Waals surface area contributed by atoms with Gasteiger partial charge < -0.3 is 18.9 Å². The molecule has 2 aromatic rings. The Kier molecular flexibility index (Phi) is 25.7. The zero-order chi connectivity index (χ0) is 23.9. The standard InChI is InChI=1S/2C13H15O3.3Y/c2*1-10(2)13(14)16-11(3)9-15-12-7-5-4-6-8-12;;;/h2*5-8,11H,1,9H2,2-3H3;;;/q2*-1;;;. The van der Waals surface area contributed by atoms with Crippen molar-refractivity contribution in [3.05, 3.63) is 85.0 Å². The third-order valence-electron chi connectivity index (χ3n) is 3.66. The quantitative estimate of drug-likeness (QED) is 0.202. The van der Waals surface area contributed by atoms with Gasteiger partial charge in [-0.3, -0.25) is 0 Å². The summed E-state index contributed by atoms with van der Waals surface area (Å²) in [5.74, 6) is 0.684. The average Bonchev–Trinajstić information content (AvgIpc) is 2.78. The van der Waals surface area contributed by atoms with Crippen LogP contribution in [-0.4, -0.2) is 37.4 Å². The molecule has 0 saturated carbocycles. The molecule has 0 fully saturated rings. The molecule has 9 heteroatoms. The molecule has 0 saturated heterocycles. The van der Waals surface area contributed by atoms with E-state index in [9.17, 15) is 9.59 Å². The zero-order valence-corrected chi connectivity index (χ0v) is 29.3. The van der Waals surface area contributed by atoms with Crippen molar-refractivity contribution in [1.29, 1.82) is 0 Å². The molecule has 0 amide bonds. The summed E-state index contributed by atoms with van der Waals surface area (Å²) in [6.07, 6.45) is -0.596. The fourth-order valence-corrected chi connectivity index (χ4v) is 2.00. The largest absolute Gasteiger partial charge is 0.515 e. The van der Waals surface area contributed by atoms with Crippen LogP contribution in [0.15, 0.2) is 72.8 Å². The van der Waals surface area contributed by atoms with Gasteiger partial charge in [-0.2, -0.15) is 36.4 Å². The van der Waals surface area contributed by atoms with Gasteiger partial charge in [0.05, 0.1) is 0 Å². The number of benzene rings is 2. The van der Waals surface area contributed by atoms with Crippen LogP contribution in [0.5, 0.6) is 11.5 Å². The number of esters is 2. The van der Waals surface area contributed by atoms with Crippen molar-refractivity contribution in [1.82, 2.24) is 0 Å². The molecule has 0 aliphatic rings. The first-order valence-corrected chi connectivity index (χ1v) is 10.1. The normalized spacial score (nSPS) is 10.6. The minimum Gasteiger partial charge on any atom is -0.515 e. The van der Waals surface area contributed by atoms with Crippen molar-refractivity contribution < 1.29 is 127 Å². The minimum absolute atomic E-state index is 0. The fourth-order valence-electron chi connectivity index (χ4n) is 2.00. The van der Waals surface area contributed by atoms with E-state index in [0.717, 1.165) is 11.5 Å². The number of rotatable bonds is 10. The summed E-state index contributed by atoms with van der Waals surface area (Å²) in [7, 11) is 0. The number of hydrogen-bond donors (Lipinski definition) is 0. The van der Waals surface area contributed by atoms with Gasteiger partial charge in [0, 0.05) is 121 Å². The van der Waals surface area contributed by atoms with Gasteiger partial charge in [0.15, 0.2) is 0 Å². The van der Waals surface area contributed by atoms with Gasteiger partial charge in [-0.25, -0.2) is 9.59 Å². The predicted molar refractivity (Wildman–Crippen MR) is 122 cm³/mol. The van der Waals surface area contributed by atoms with Crippen LogP contribution in [0, 0.1) is 12.1 Å². The smallest absolute Gasteiger partial charge is 0.333 e. The first-order chi connectivity index (χ1) is 15.2. The molecule has 2 atom stereocenters. The summed E-state index contributed by atoms with van der Waals surface area (Å²) >= 11 is 0. The van der Waals surface area contributed by atoms with E-state index >= 15 is 0 Å². The van der Waals surface area contributed by atoms with Gasteiger partial charge in [0.2, 0.25) is 0 Å². The van der Waals surface area contributed by atoms with Crippen LogP contribution in [0.3, 0.4) is 0 Å². The van der Waals surface area contributed by atoms with E-state index in [0.29, 0.717) is 24.4 Å². The average molecular weight is 705 g/mol. The molecular formula is C26H30O6Y3-2. The molecular weight excluding hydrogens is 675 g/mol. The molecule has 3 radical (unpaired) electrons. The van der Waals surface area contributed by atoms with Crippen LogP contribution in [-0.2, 0) is 117 Å².